The summed E-state index contributed by atoms with van der Waals surface area (Å²) >= 11 is 0. The summed E-state index contributed by atoms with van der Waals surface area (Å²) in [5.41, 5.74) is 0. The molecule has 4 heteroatoms. The molecule has 0 unspecified atom stereocenters. The molecule has 0 rings (SSSR count). The molecular formula is C30H57NO3. The van der Waals surface area contributed by atoms with Crippen molar-refractivity contribution in [2.24, 2.45) is 0 Å². The second-order valence-corrected chi connectivity index (χ2v) is 9.81. The molecular weight excluding hydrogens is 422 g/mol. The van der Waals surface area contributed by atoms with Crippen molar-refractivity contribution in [3.63, 3.8) is 0 Å². The number of amides is 1. The molecule has 0 saturated heterocycles. The van der Waals surface area contributed by atoms with Gasteiger partial charge in [0.25, 0.3) is 0 Å². The lowest BCUT2D eigenvalue weighted by atomic mass is 10.1. The monoisotopic (exact) mass is 479 g/mol. The first kappa shape index (κ1) is 32.9. The third kappa shape index (κ3) is 22.7. The quantitative estimate of drug-likeness (QED) is 0.0924. The van der Waals surface area contributed by atoms with Gasteiger partial charge in [-0.25, -0.2) is 0 Å². The second kappa shape index (κ2) is 26.5. The number of hydrogen-bond donors (Lipinski definition) is 3. The van der Waals surface area contributed by atoms with Crippen molar-refractivity contribution in [2.75, 3.05) is 6.61 Å². The first-order valence-corrected chi connectivity index (χ1v) is 14.6. The van der Waals surface area contributed by atoms with Crippen LogP contribution >= 0.6 is 0 Å². The van der Waals surface area contributed by atoms with E-state index in [0.717, 1.165) is 38.5 Å². The predicted octanol–water partition coefficient (Wildman–Crippen LogP) is 7.78. The first-order valence-electron chi connectivity index (χ1n) is 14.6. The largest absolute Gasteiger partial charge is 0.394 e. The number of aliphatic hydroxyl groups excluding tert-OH is 2. The van der Waals surface area contributed by atoms with Crippen LogP contribution in [-0.2, 0) is 4.79 Å². The number of carbonyl (C=O) groups excluding carboxylic acids is 1. The molecule has 0 aliphatic carbocycles. The molecule has 0 spiro atoms. The van der Waals surface area contributed by atoms with E-state index in [1.165, 1.54) is 83.5 Å². The Morgan fingerprint density at radius 1 is 0.676 bits per heavy atom. The van der Waals surface area contributed by atoms with Crippen LogP contribution in [0.25, 0.3) is 0 Å². The average Bonchev–Trinajstić information content (AvgIpc) is 2.84. The molecule has 1 amide bonds. The van der Waals surface area contributed by atoms with Gasteiger partial charge in [-0.15, -0.1) is 0 Å². The molecule has 200 valence electrons. The van der Waals surface area contributed by atoms with Gasteiger partial charge in [-0.05, 0) is 44.9 Å². The zero-order valence-electron chi connectivity index (χ0n) is 22.6. The van der Waals surface area contributed by atoms with Gasteiger partial charge in [0.1, 0.15) is 0 Å². The van der Waals surface area contributed by atoms with E-state index in [-0.39, 0.29) is 12.5 Å². The van der Waals surface area contributed by atoms with Gasteiger partial charge < -0.3 is 15.5 Å². The van der Waals surface area contributed by atoms with Crippen LogP contribution in [0.5, 0.6) is 0 Å². The number of carbonyl (C=O) groups is 1. The summed E-state index contributed by atoms with van der Waals surface area (Å²) in [4.78, 5) is 12.2. The van der Waals surface area contributed by atoms with Crippen LogP contribution in [0.2, 0.25) is 0 Å². The molecule has 0 aliphatic heterocycles. The van der Waals surface area contributed by atoms with E-state index >= 15 is 0 Å². The number of aliphatic hydroxyl groups is 2. The SMILES string of the molecule is CCCCCC/C=C/CCCCCCCC(=O)N[C@@H](CO)[C@H](O)/C=C/CCCCCCCCC. The van der Waals surface area contributed by atoms with Crippen molar-refractivity contribution in [3.8, 4) is 0 Å². The van der Waals surface area contributed by atoms with Crippen molar-refractivity contribution in [3.05, 3.63) is 24.3 Å². The van der Waals surface area contributed by atoms with E-state index in [1.807, 2.05) is 6.08 Å². The van der Waals surface area contributed by atoms with Gasteiger partial charge in [0.05, 0.1) is 18.8 Å². The summed E-state index contributed by atoms with van der Waals surface area (Å²) < 4.78 is 0. The van der Waals surface area contributed by atoms with Gasteiger partial charge in [0.2, 0.25) is 5.91 Å². The maximum atomic E-state index is 12.2. The number of unbranched alkanes of at least 4 members (excludes halogenated alkanes) is 16. The molecule has 0 radical (unpaired) electrons. The lowest BCUT2D eigenvalue weighted by Crippen LogP contribution is -2.45. The van der Waals surface area contributed by atoms with Crippen LogP contribution in [-0.4, -0.2) is 34.9 Å². The molecule has 4 nitrogen and oxygen atoms in total. The topological polar surface area (TPSA) is 69.6 Å². The van der Waals surface area contributed by atoms with Crippen molar-refractivity contribution in [1.29, 1.82) is 0 Å². The molecule has 0 fully saturated rings. The van der Waals surface area contributed by atoms with Gasteiger partial charge >= 0.3 is 0 Å². The highest BCUT2D eigenvalue weighted by atomic mass is 16.3. The first-order chi connectivity index (χ1) is 16.7. The van der Waals surface area contributed by atoms with Crippen LogP contribution in [0.3, 0.4) is 0 Å². The van der Waals surface area contributed by atoms with Crippen LogP contribution in [0, 0.1) is 0 Å². The summed E-state index contributed by atoms with van der Waals surface area (Å²) in [7, 11) is 0. The zero-order chi connectivity index (χ0) is 25.1. The van der Waals surface area contributed by atoms with Crippen LogP contribution in [0.1, 0.15) is 142 Å². The van der Waals surface area contributed by atoms with E-state index in [1.54, 1.807) is 6.08 Å². The van der Waals surface area contributed by atoms with E-state index in [9.17, 15) is 15.0 Å². The Hall–Kier alpha value is -1.13. The van der Waals surface area contributed by atoms with Crippen LogP contribution < -0.4 is 5.32 Å². The summed E-state index contributed by atoms with van der Waals surface area (Å²) in [6, 6.07) is -0.619. The van der Waals surface area contributed by atoms with Crippen molar-refractivity contribution >= 4 is 5.91 Å². The fourth-order valence-electron chi connectivity index (χ4n) is 4.11. The number of nitrogens with one attached hydrogen (secondary N) is 1. The number of hydrogen-bond acceptors (Lipinski definition) is 3. The highest BCUT2D eigenvalue weighted by Crippen LogP contribution is 2.11. The predicted molar refractivity (Wildman–Crippen MR) is 147 cm³/mol. The Bertz CT molecular complexity index is 489. The van der Waals surface area contributed by atoms with Gasteiger partial charge in [-0.2, -0.15) is 0 Å². The maximum Gasteiger partial charge on any atom is 0.220 e. The van der Waals surface area contributed by atoms with Crippen molar-refractivity contribution in [1.82, 2.24) is 5.32 Å². The molecule has 0 aromatic heterocycles. The van der Waals surface area contributed by atoms with Gasteiger partial charge in [-0.3, -0.25) is 4.79 Å². The summed E-state index contributed by atoms with van der Waals surface area (Å²) in [6.45, 7) is 4.23. The zero-order valence-corrected chi connectivity index (χ0v) is 22.6. The minimum Gasteiger partial charge on any atom is -0.394 e. The fourth-order valence-corrected chi connectivity index (χ4v) is 4.11. The average molecular weight is 480 g/mol. The van der Waals surface area contributed by atoms with Crippen LogP contribution in [0.4, 0.5) is 0 Å². The molecule has 0 heterocycles. The maximum absolute atomic E-state index is 12.2. The number of rotatable bonds is 25. The summed E-state index contributed by atoms with van der Waals surface area (Å²) in [6.07, 6.45) is 31.0. The van der Waals surface area contributed by atoms with E-state index in [2.05, 4.69) is 31.3 Å². The summed E-state index contributed by atoms with van der Waals surface area (Å²) in [5, 5.41) is 22.6. The minimum absolute atomic E-state index is 0.0791. The third-order valence-corrected chi connectivity index (χ3v) is 6.43. The standard InChI is InChI=1S/C30H57NO3/c1-3-5-7-9-11-13-14-15-16-18-20-22-24-26-30(34)31-28(27-32)29(33)25-23-21-19-17-12-10-8-6-4-2/h13-14,23,25,28-29,32-33H,3-12,15-22,24,26-27H2,1-2H3,(H,31,34)/b14-13+,25-23+/t28-,29+/m0/s1. The van der Waals surface area contributed by atoms with E-state index in [4.69, 9.17) is 0 Å². The lowest BCUT2D eigenvalue weighted by Gasteiger charge is -2.20. The Labute approximate surface area is 211 Å². The molecule has 34 heavy (non-hydrogen) atoms. The fraction of sp³-hybridized carbons (Fsp3) is 0.833. The minimum atomic E-state index is -0.835. The van der Waals surface area contributed by atoms with Gasteiger partial charge in [0.15, 0.2) is 0 Å². The van der Waals surface area contributed by atoms with Gasteiger partial charge in [-0.1, -0.05) is 115 Å². The highest BCUT2D eigenvalue weighted by molar-refractivity contribution is 5.76. The molecule has 0 bridgehead atoms. The summed E-state index contributed by atoms with van der Waals surface area (Å²) in [5.74, 6) is -0.0791. The Kier molecular flexibility index (Phi) is 25.6. The third-order valence-electron chi connectivity index (χ3n) is 6.43. The normalized spacial score (nSPS) is 13.6. The van der Waals surface area contributed by atoms with Crippen molar-refractivity contribution < 1.29 is 15.0 Å². The molecule has 0 aromatic rings. The molecule has 0 saturated carbocycles. The van der Waals surface area contributed by atoms with Crippen molar-refractivity contribution in [2.45, 2.75) is 154 Å². The Morgan fingerprint density at radius 3 is 1.65 bits per heavy atom. The highest BCUT2D eigenvalue weighted by Gasteiger charge is 2.17. The molecule has 0 aromatic carbocycles. The Morgan fingerprint density at radius 2 is 1.12 bits per heavy atom. The van der Waals surface area contributed by atoms with Gasteiger partial charge in [0, 0.05) is 6.42 Å². The van der Waals surface area contributed by atoms with E-state index < -0.39 is 12.1 Å². The second-order valence-electron chi connectivity index (χ2n) is 9.81. The molecule has 3 N–H and O–H groups in total. The molecule has 0 aliphatic rings. The Balaban J connectivity index is 3.71. The van der Waals surface area contributed by atoms with Crippen LogP contribution in [0.15, 0.2) is 24.3 Å². The van der Waals surface area contributed by atoms with E-state index in [0.29, 0.717) is 6.42 Å². The smallest absolute Gasteiger partial charge is 0.220 e. The number of allylic oxidation sites excluding steroid dienone is 3. The lowest BCUT2D eigenvalue weighted by molar-refractivity contribution is -0.123. The molecule has 2 atom stereocenters.